The Morgan fingerprint density at radius 2 is 2.26 bits per heavy atom. The average Bonchev–Trinajstić information content (AvgIpc) is 2.42. The number of rotatable bonds is 2. The molecule has 2 heterocycles. The van der Waals surface area contributed by atoms with E-state index in [-0.39, 0.29) is 16.8 Å². The molecule has 0 aliphatic carbocycles. The van der Waals surface area contributed by atoms with Gasteiger partial charge < -0.3 is 4.74 Å². The molecular weight excluding hydrogens is 264 g/mol. The second-order valence-electron chi connectivity index (χ2n) is 4.51. The van der Waals surface area contributed by atoms with Gasteiger partial charge >= 0.3 is 0 Å². The first-order valence-corrected chi connectivity index (χ1v) is 6.53. The zero-order chi connectivity index (χ0) is 13.2. The molecule has 2 aromatic rings. The maximum Gasteiger partial charge on any atom is 0.254 e. The molecule has 0 amide bonds. The van der Waals surface area contributed by atoms with Crippen LogP contribution in [0.1, 0.15) is 17.2 Å². The summed E-state index contributed by atoms with van der Waals surface area (Å²) in [7, 11) is 0. The second-order valence-corrected chi connectivity index (χ2v) is 4.90. The standard InChI is InChI=1S/C14H13ClN2O2/c15-13-7-14(18)17(9-16-13)8-12-11-4-2-1-3-10(11)5-6-19-12/h1-4,7,9,12H,5-6,8H2. The van der Waals surface area contributed by atoms with Gasteiger partial charge in [-0.05, 0) is 17.5 Å². The molecule has 0 bridgehead atoms. The number of fused-ring (bicyclic) bond motifs is 1. The first-order chi connectivity index (χ1) is 9.24. The summed E-state index contributed by atoms with van der Waals surface area (Å²) in [5.74, 6) is 0. The van der Waals surface area contributed by atoms with Crippen molar-refractivity contribution >= 4 is 11.6 Å². The van der Waals surface area contributed by atoms with Gasteiger partial charge in [-0.25, -0.2) is 4.98 Å². The van der Waals surface area contributed by atoms with Crippen LogP contribution in [0.15, 0.2) is 41.5 Å². The largest absolute Gasteiger partial charge is 0.371 e. The molecule has 5 heteroatoms. The van der Waals surface area contributed by atoms with Crippen molar-refractivity contribution in [1.82, 2.24) is 9.55 Å². The van der Waals surface area contributed by atoms with Gasteiger partial charge in [0.25, 0.3) is 5.56 Å². The van der Waals surface area contributed by atoms with Crippen molar-refractivity contribution < 1.29 is 4.74 Å². The molecule has 0 fully saturated rings. The van der Waals surface area contributed by atoms with Crippen molar-refractivity contribution in [2.45, 2.75) is 19.1 Å². The molecule has 1 aromatic carbocycles. The van der Waals surface area contributed by atoms with E-state index < -0.39 is 0 Å². The summed E-state index contributed by atoms with van der Waals surface area (Å²) in [5, 5.41) is 0.214. The van der Waals surface area contributed by atoms with Crippen molar-refractivity contribution in [1.29, 1.82) is 0 Å². The van der Waals surface area contributed by atoms with E-state index in [1.54, 1.807) is 0 Å². The van der Waals surface area contributed by atoms with Crippen LogP contribution in [0.2, 0.25) is 5.15 Å². The average molecular weight is 277 g/mol. The van der Waals surface area contributed by atoms with Gasteiger partial charge in [-0.15, -0.1) is 0 Å². The molecule has 0 radical (unpaired) electrons. The van der Waals surface area contributed by atoms with Crippen LogP contribution < -0.4 is 5.56 Å². The second kappa shape index (κ2) is 5.15. The van der Waals surface area contributed by atoms with E-state index >= 15 is 0 Å². The minimum absolute atomic E-state index is 0.106. The van der Waals surface area contributed by atoms with Crippen molar-refractivity contribution in [2.24, 2.45) is 0 Å². The lowest BCUT2D eigenvalue weighted by Crippen LogP contribution is -2.27. The van der Waals surface area contributed by atoms with Gasteiger partial charge in [0.15, 0.2) is 0 Å². The van der Waals surface area contributed by atoms with Crippen LogP contribution >= 0.6 is 11.6 Å². The zero-order valence-electron chi connectivity index (χ0n) is 10.3. The number of halogens is 1. The highest BCUT2D eigenvalue weighted by atomic mass is 35.5. The number of nitrogens with zero attached hydrogens (tertiary/aromatic N) is 2. The Morgan fingerprint density at radius 3 is 3.11 bits per heavy atom. The summed E-state index contributed by atoms with van der Waals surface area (Å²) in [5.41, 5.74) is 2.27. The van der Waals surface area contributed by atoms with E-state index in [1.807, 2.05) is 18.2 Å². The van der Waals surface area contributed by atoms with Crippen LogP contribution in [-0.2, 0) is 17.7 Å². The number of hydrogen-bond donors (Lipinski definition) is 0. The first kappa shape index (κ1) is 12.4. The summed E-state index contributed by atoms with van der Waals surface area (Å²) in [6.45, 7) is 1.14. The fourth-order valence-electron chi connectivity index (χ4n) is 2.35. The van der Waals surface area contributed by atoms with Gasteiger partial charge in [0, 0.05) is 6.07 Å². The molecule has 19 heavy (non-hydrogen) atoms. The predicted molar refractivity (Wildman–Crippen MR) is 72.3 cm³/mol. The van der Waals surface area contributed by atoms with Gasteiger partial charge in [0.05, 0.1) is 19.5 Å². The lowest BCUT2D eigenvalue weighted by molar-refractivity contribution is 0.0297. The predicted octanol–water partition coefficient (Wildman–Crippen LogP) is 2.21. The quantitative estimate of drug-likeness (QED) is 0.790. The molecule has 0 saturated heterocycles. The van der Waals surface area contributed by atoms with E-state index in [4.69, 9.17) is 16.3 Å². The Balaban J connectivity index is 1.90. The van der Waals surface area contributed by atoms with Gasteiger partial charge in [0.1, 0.15) is 11.3 Å². The summed E-state index contributed by atoms with van der Waals surface area (Å²) in [6.07, 6.45) is 2.27. The van der Waals surface area contributed by atoms with Gasteiger partial charge in [-0.2, -0.15) is 0 Å². The van der Waals surface area contributed by atoms with E-state index in [0.29, 0.717) is 13.2 Å². The summed E-state index contributed by atoms with van der Waals surface area (Å²) in [6, 6.07) is 9.48. The fraction of sp³-hybridized carbons (Fsp3) is 0.286. The van der Waals surface area contributed by atoms with Crippen molar-refractivity contribution in [3.63, 3.8) is 0 Å². The van der Waals surface area contributed by atoms with Gasteiger partial charge in [-0.3, -0.25) is 9.36 Å². The molecule has 1 aliphatic rings. The molecule has 0 N–H and O–H groups in total. The van der Waals surface area contributed by atoms with Crippen LogP contribution in [0.25, 0.3) is 0 Å². The Bertz CT molecular complexity index is 654. The van der Waals surface area contributed by atoms with Crippen LogP contribution in [-0.4, -0.2) is 16.2 Å². The molecule has 1 atom stereocenters. The van der Waals surface area contributed by atoms with Crippen molar-refractivity contribution in [2.75, 3.05) is 6.61 Å². The highest BCUT2D eigenvalue weighted by Gasteiger charge is 2.21. The third-order valence-corrected chi connectivity index (χ3v) is 3.51. The van der Waals surface area contributed by atoms with Crippen LogP contribution in [0.5, 0.6) is 0 Å². The van der Waals surface area contributed by atoms with Crippen LogP contribution in [0, 0.1) is 0 Å². The molecule has 1 aliphatic heterocycles. The van der Waals surface area contributed by atoms with Gasteiger partial charge in [-0.1, -0.05) is 35.9 Å². The number of benzene rings is 1. The van der Waals surface area contributed by atoms with Crippen LogP contribution in [0.4, 0.5) is 0 Å². The lowest BCUT2D eigenvalue weighted by atomic mass is 9.97. The molecule has 4 nitrogen and oxygen atoms in total. The number of ether oxygens (including phenoxy) is 1. The molecule has 0 spiro atoms. The SMILES string of the molecule is O=c1cc(Cl)ncn1CC1OCCc2ccccc21. The topological polar surface area (TPSA) is 44.1 Å². The third kappa shape index (κ3) is 2.55. The lowest BCUT2D eigenvalue weighted by Gasteiger charge is -2.26. The first-order valence-electron chi connectivity index (χ1n) is 6.15. The Kier molecular flexibility index (Phi) is 3.36. The fourth-order valence-corrected chi connectivity index (χ4v) is 2.48. The minimum Gasteiger partial charge on any atom is -0.371 e. The maximum atomic E-state index is 11.8. The Morgan fingerprint density at radius 1 is 1.42 bits per heavy atom. The zero-order valence-corrected chi connectivity index (χ0v) is 11.0. The summed E-state index contributed by atoms with van der Waals surface area (Å²) >= 11 is 5.69. The van der Waals surface area contributed by atoms with E-state index in [9.17, 15) is 4.79 Å². The smallest absolute Gasteiger partial charge is 0.254 e. The highest BCUT2D eigenvalue weighted by molar-refractivity contribution is 6.29. The molecular formula is C14H13ClN2O2. The van der Waals surface area contributed by atoms with Crippen LogP contribution in [0.3, 0.4) is 0 Å². The normalized spacial score (nSPS) is 18.1. The molecule has 1 unspecified atom stereocenters. The number of hydrogen-bond acceptors (Lipinski definition) is 3. The third-order valence-electron chi connectivity index (χ3n) is 3.30. The van der Waals surface area contributed by atoms with E-state index in [2.05, 4.69) is 11.1 Å². The van der Waals surface area contributed by atoms with E-state index in [1.165, 1.54) is 22.5 Å². The molecule has 98 valence electrons. The molecule has 0 saturated carbocycles. The minimum atomic E-state index is -0.161. The summed E-state index contributed by atoms with van der Waals surface area (Å²) in [4.78, 5) is 15.7. The van der Waals surface area contributed by atoms with Gasteiger partial charge in [0.2, 0.25) is 0 Å². The van der Waals surface area contributed by atoms with Crippen molar-refractivity contribution in [3.8, 4) is 0 Å². The summed E-state index contributed by atoms with van der Waals surface area (Å²) < 4.78 is 7.30. The highest BCUT2D eigenvalue weighted by Crippen LogP contribution is 2.27. The Labute approximate surface area is 115 Å². The molecule has 3 rings (SSSR count). The molecule has 1 aromatic heterocycles. The maximum absolute atomic E-state index is 11.8. The van der Waals surface area contributed by atoms with E-state index in [0.717, 1.165) is 12.0 Å². The Hall–Kier alpha value is -1.65. The monoisotopic (exact) mass is 276 g/mol. The number of aromatic nitrogens is 2. The van der Waals surface area contributed by atoms with Crippen molar-refractivity contribution in [3.05, 3.63) is 63.3 Å².